The summed E-state index contributed by atoms with van der Waals surface area (Å²) in [4.78, 5) is 12.7. The minimum Gasteiger partial charge on any atom is -0.356 e. The highest BCUT2D eigenvalue weighted by Gasteiger charge is 2.62. The van der Waals surface area contributed by atoms with Gasteiger partial charge in [-0.15, -0.1) is 0 Å². The van der Waals surface area contributed by atoms with Crippen molar-refractivity contribution >= 4 is 5.91 Å². The molecule has 4 rings (SSSR count). The summed E-state index contributed by atoms with van der Waals surface area (Å²) in [5, 5.41) is 3.24. The average molecular weight is 263 g/mol. The van der Waals surface area contributed by atoms with Gasteiger partial charge < -0.3 is 5.32 Å². The minimum atomic E-state index is -0.0172. The molecular formula is C17H29NO. The molecule has 108 valence electrons. The van der Waals surface area contributed by atoms with Gasteiger partial charge in [0.25, 0.3) is 0 Å². The standard InChI is InChI=1S/C17H29NO/c1-4-5-6-18-14(19)17-9-13-7-15(2,11-17)10-16(3,8-13)12-17/h13H,4-12H2,1-3H3,(H,18,19). The van der Waals surface area contributed by atoms with Gasteiger partial charge in [0, 0.05) is 6.54 Å². The Morgan fingerprint density at radius 3 is 2.26 bits per heavy atom. The molecule has 0 aromatic rings. The molecule has 0 radical (unpaired) electrons. The zero-order chi connectivity index (χ0) is 13.7. The van der Waals surface area contributed by atoms with Crippen LogP contribution in [0, 0.1) is 22.2 Å². The molecule has 0 aromatic heterocycles. The molecule has 2 heteroatoms. The third-order valence-corrected chi connectivity index (χ3v) is 5.92. The van der Waals surface area contributed by atoms with E-state index in [4.69, 9.17) is 0 Å². The maximum atomic E-state index is 12.7. The number of unbranched alkanes of at least 4 members (excludes halogenated alkanes) is 1. The molecule has 0 aliphatic heterocycles. The molecule has 4 bridgehead atoms. The fraction of sp³-hybridized carbons (Fsp3) is 0.941. The van der Waals surface area contributed by atoms with E-state index in [1.165, 1.54) is 19.3 Å². The van der Waals surface area contributed by atoms with Crippen molar-refractivity contribution in [1.82, 2.24) is 5.32 Å². The Morgan fingerprint density at radius 1 is 1.11 bits per heavy atom. The summed E-state index contributed by atoms with van der Waals surface area (Å²) >= 11 is 0. The second-order valence-electron chi connectivity index (χ2n) is 8.52. The number of carbonyl (C=O) groups is 1. The van der Waals surface area contributed by atoms with Gasteiger partial charge >= 0.3 is 0 Å². The first kappa shape index (κ1) is 13.5. The lowest BCUT2D eigenvalue weighted by atomic mass is 9.40. The quantitative estimate of drug-likeness (QED) is 0.766. The fourth-order valence-electron chi connectivity index (χ4n) is 6.27. The van der Waals surface area contributed by atoms with Crippen molar-refractivity contribution in [2.75, 3.05) is 6.54 Å². The summed E-state index contributed by atoms with van der Waals surface area (Å²) in [7, 11) is 0. The van der Waals surface area contributed by atoms with E-state index >= 15 is 0 Å². The highest BCUT2D eigenvalue weighted by atomic mass is 16.2. The number of rotatable bonds is 4. The van der Waals surface area contributed by atoms with Gasteiger partial charge in [-0.25, -0.2) is 0 Å². The van der Waals surface area contributed by atoms with E-state index in [1.54, 1.807) is 0 Å². The number of hydrogen-bond donors (Lipinski definition) is 1. The van der Waals surface area contributed by atoms with Gasteiger partial charge in [-0.3, -0.25) is 4.79 Å². The van der Waals surface area contributed by atoms with Crippen LogP contribution in [0.1, 0.15) is 72.1 Å². The SMILES string of the molecule is CCCCNC(=O)C12CC3CC(C)(CC(C)(C3)C1)C2. The van der Waals surface area contributed by atoms with Crippen LogP contribution in [0.3, 0.4) is 0 Å². The van der Waals surface area contributed by atoms with Gasteiger partial charge in [-0.1, -0.05) is 27.2 Å². The molecule has 0 saturated heterocycles. The maximum Gasteiger partial charge on any atom is 0.226 e. The smallest absolute Gasteiger partial charge is 0.226 e. The molecular weight excluding hydrogens is 234 g/mol. The van der Waals surface area contributed by atoms with E-state index in [9.17, 15) is 4.79 Å². The van der Waals surface area contributed by atoms with Gasteiger partial charge in [-0.2, -0.15) is 0 Å². The third-order valence-electron chi connectivity index (χ3n) is 5.92. The van der Waals surface area contributed by atoms with Crippen LogP contribution in [-0.4, -0.2) is 12.5 Å². The predicted octanol–water partition coefficient (Wildman–Crippen LogP) is 3.90. The van der Waals surface area contributed by atoms with Crippen LogP contribution in [0.4, 0.5) is 0 Å². The van der Waals surface area contributed by atoms with Crippen molar-refractivity contribution in [3.8, 4) is 0 Å². The van der Waals surface area contributed by atoms with Crippen molar-refractivity contribution in [2.45, 2.75) is 72.1 Å². The van der Waals surface area contributed by atoms with Crippen LogP contribution in [0.2, 0.25) is 0 Å². The summed E-state index contributed by atoms with van der Waals surface area (Å²) in [6.45, 7) is 7.92. The first-order valence-electron chi connectivity index (χ1n) is 8.17. The number of hydrogen-bond acceptors (Lipinski definition) is 1. The Hall–Kier alpha value is -0.530. The first-order chi connectivity index (χ1) is 8.89. The van der Waals surface area contributed by atoms with Crippen LogP contribution in [0.15, 0.2) is 0 Å². The Morgan fingerprint density at radius 2 is 1.74 bits per heavy atom. The van der Waals surface area contributed by atoms with Crippen molar-refractivity contribution in [3.05, 3.63) is 0 Å². The average Bonchev–Trinajstić information content (AvgIpc) is 2.24. The fourth-order valence-corrected chi connectivity index (χ4v) is 6.27. The normalized spacial score (nSPS) is 47.4. The van der Waals surface area contributed by atoms with Crippen LogP contribution in [-0.2, 0) is 4.79 Å². The molecule has 4 aliphatic rings. The lowest BCUT2D eigenvalue weighted by molar-refractivity contribution is -0.170. The predicted molar refractivity (Wildman–Crippen MR) is 77.8 cm³/mol. The summed E-state index contributed by atoms with van der Waals surface area (Å²) in [6.07, 6.45) is 9.80. The summed E-state index contributed by atoms with van der Waals surface area (Å²) in [5.74, 6) is 1.19. The highest BCUT2D eigenvalue weighted by Crippen LogP contribution is 2.69. The van der Waals surface area contributed by atoms with Crippen LogP contribution < -0.4 is 5.32 Å². The maximum absolute atomic E-state index is 12.7. The molecule has 1 amide bonds. The van der Waals surface area contributed by atoms with E-state index in [0.29, 0.717) is 16.7 Å². The lowest BCUT2D eigenvalue weighted by Crippen LogP contribution is -2.59. The van der Waals surface area contributed by atoms with Crippen molar-refractivity contribution in [1.29, 1.82) is 0 Å². The zero-order valence-corrected chi connectivity index (χ0v) is 12.8. The zero-order valence-electron chi connectivity index (χ0n) is 12.8. The van der Waals surface area contributed by atoms with Crippen LogP contribution in [0.25, 0.3) is 0 Å². The summed E-state index contributed by atoms with van der Waals surface area (Å²) in [6, 6.07) is 0. The summed E-state index contributed by atoms with van der Waals surface area (Å²) < 4.78 is 0. The van der Waals surface area contributed by atoms with Crippen LogP contribution >= 0.6 is 0 Å². The molecule has 2 unspecified atom stereocenters. The second kappa shape index (κ2) is 4.23. The molecule has 19 heavy (non-hydrogen) atoms. The van der Waals surface area contributed by atoms with Gasteiger partial charge in [0.05, 0.1) is 5.41 Å². The van der Waals surface area contributed by atoms with Gasteiger partial charge in [0.1, 0.15) is 0 Å². The molecule has 0 spiro atoms. The highest BCUT2D eigenvalue weighted by molar-refractivity contribution is 5.83. The first-order valence-corrected chi connectivity index (χ1v) is 8.17. The number of carbonyl (C=O) groups excluding carboxylic acids is 1. The topological polar surface area (TPSA) is 29.1 Å². The van der Waals surface area contributed by atoms with Crippen molar-refractivity contribution in [3.63, 3.8) is 0 Å². The Labute approximate surface area is 117 Å². The van der Waals surface area contributed by atoms with E-state index in [-0.39, 0.29) is 5.41 Å². The van der Waals surface area contributed by atoms with Crippen molar-refractivity contribution < 1.29 is 4.79 Å². The largest absolute Gasteiger partial charge is 0.356 e. The molecule has 4 aliphatic carbocycles. The Bertz CT molecular complexity index is 371. The molecule has 4 saturated carbocycles. The Kier molecular flexibility index (Phi) is 3.00. The van der Waals surface area contributed by atoms with Gasteiger partial charge in [0.15, 0.2) is 0 Å². The molecule has 1 N–H and O–H groups in total. The lowest BCUT2D eigenvalue weighted by Gasteiger charge is -2.64. The monoisotopic (exact) mass is 263 g/mol. The minimum absolute atomic E-state index is 0.0172. The molecule has 2 atom stereocenters. The molecule has 0 aromatic carbocycles. The Balaban J connectivity index is 1.78. The molecule has 2 nitrogen and oxygen atoms in total. The van der Waals surface area contributed by atoms with E-state index in [2.05, 4.69) is 26.1 Å². The molecule has 0 heterocycles. The number of nitrogens with one attached hydrogen (secondary N) is 1. The summed E-state index contributed by atoms with van der Waals surface area (Å²) in [5.41, 5.74) is 0.864. The third kappa shape index (κ3) is 2.21. The van der Waals surface area contributed by atoms with E-state index < -0.39 is 0 Å². The van der Waals surface area contributed by atoms with Crippen LogP contribution in [0.5, 0.6) is 0 Å². The van der Waals surface area contributed by atoms with Crippen molar-refractivity contribution in [2.24, 2.45) is 22.2 Å². The van der Waals surface area contributed by atoms with Gasteiger partial charge in [-0.05, 0) is 61.7 Å². The van der Waals surface area contributed by atoms with E-state index in [1.807, 2.05) is 0 Å². The second-order valence-corrected chi connectivity index (χ2v) is 8.52. The molecule has 4 fully saturated rings. The van der Waals surface area contributed by atoms with Gasteiger partial charge in [0.2, 0.25) is 5.91 Å². The van der Waals surface area contributed by atoms with E-state index in [0.717, 1.165) is 44.6 Å². The number of amides is 1.